The van der Waals surface area contributed by atoms with Crippen LogP contribution in [0.3, 0.4) is 0 Å². The number of fused-ring (bicyclic) bond motifs is 8. The number of nitrogens with zero attached hydrogens (tertiary/aromatic N) is 2. The number of rotatable bonds is 3. The number of para-hydroxylation sites is 2. The molecule has 3 heterocycles. The fourth-order valence-corrected chi connectivity index (χ4v) is 6.15. The Morgan fingerprint density at radius 3 is 1.86 bits per heavy atom. The predicted octanol–water partition coefficient (Wildman–Crippen LogP) is 10.4. The minimum Gasteiger partial charge on any atom is -0.455 e. The van der Waals surface area contributed by atoms with Crippen LogP contribution in [0.4, 0.5) is 0 Å². The van der Waals surface area contributed by atoms with Gasteiger partial charge in [-0.05, 0) is 29.1 Å². The summed E-state index contributed by atoms with van der Waals surface area (Å²) in [7, 11) is 0. The third kappa shape index (κ3) is 3.36. The quantitative estimate of drug-likeness (QED) is 0.224. The van der Waals surface area contributed by atoms with Gasteiger partial charge >= 0.3 is 0 Å². The first-order valence-corrected chi connectivity index (χ1v) is 14.0. The molecule has 196 valence electrons. The number of furan rings is 2. The smallest absolute Gasteiger partial charge is 0.180 e. The predicted molar refractivity (Wildman–Crippen MR) is 170 cm³/mol. The Balaban J connectivity index is 1.39. The van der Waals surface area contributed by atoms with Gasteiger partial charge in [-0.1, -0.05) is 115 Å². The SMILES string of the molecule is c1ccc(-c2cccc3c2oc2c4ccccc4c(-c4nc(-c5ccccc5)c5oc6ccccc6c5n4)cc32)cc1. The lowest BCUT2D eigenvalue weighted by molar-refractivity contribution is 0.667. The zero-order chi connectivity index (χ0) is 27.6. The third-order valence-corrected chi connectivity index (χ3v) is 8.10. The summed E-state index contributed by atoms with van der Waals surface area (Å²) >= 11 is 0. The molecule has 0 saturated heterocycles. The first-order valence-electron chi connectivity index (χ1n) is 14.0. The lowest BCUT2D eigenvalue weighted by Crippen LogP contribution is -1.95. The van der Waals surface area contributed by atoms with E-state index in [0.717, 1.165) is 77.1 Å². The van der Waals surface area contributed by atoms with Crippen LogP contribution in [0, 0.1) is 0 Å². The molecule has 0 amide bonds. The Morgan fingerprint density at radius 2 is 1.05 bits per heavy atom. The zero-order valence-corrected chi connectivity index (χ0v) is 22.4. The van der Waals surface area contributed by atoms with Gasteiger partial charge in [-0.15, -0.1) is 0 Å². The Bertz CT molecular complexity index is 2460. The molecule has 0 atom stereocenters. The second-order valence-corrected chi connectivity index (χ2v) is 10.5. The molecule has 42 heavy (non-hydrogen) atoms. The van der Waals surface area contributed by atoms with E-state index in [1.165, 1.54) is 0 Å². The van der Waals surface area contributed by atoms with Crippen molar-refractivity contribution in [2.75, 3.05) is 0 Å². The Labute approximate surface area is 240 Å². The highest BCUT2D eigenvalue weighted by atomic mass is 16.3. The van der Waals surface area contributed by atoms with E-state index in [1.807, 2.05) is 42.5 Å². The summed E-state index contributed by atoms with van der Waals surface area (Å²) in [5.41, 5.74) is 8.95. The lowest BCUT2D eigenvalue weighted by Gasteiger charge is -2.09. The molecule has 6 aromatic carbocycles. The van der Waals surface area contributed by atoms with Gasteiger partial charge in [0.2, 0.25) is 0 Å². The van der Waals surface area contributed by atoms with Gasteiger partial charge in [-0.2, -0.15) is 0 Å². The highest BCUT2D eigenvalue weighted by Gasteiger charge is 2.22. The monoisotopic (exact) mass is 538 g/mol. The standard InChI is InChI=1S/C38H22N2O2/c1-3-12-23(13-4-1)25-19-11-20-28-30-22-31(26-16-7-8-17-27(26)36(30)42-35(25)28)38-39-33(24-14-5-2-6-15-24)37-34(40-38)29-18-9-10-21-32(29)41-37/h1-22H. The Hall–Kier alpha value is -5.74. The summed E-state index contributed by atoms with van der Waals surface area (Å²) in [6.07, 6.45) is 0. The van der Waals surface area contributed by atoms with Crippen molar-refractivity contribution in [3.05, 3.63) is 133 Å². The fourth-order valence-electron chi connectivity index (χ4n) is 6.15. The van der Waals surface area contributed by atoms with E-state index in [4.69, 9.17) is 18.8 Å². The molecule has 9 rings (SSSR count). The van der Waals surface area contributed by atoms with Crippen LogP contribution < -0.4 is 0 Å². The maximum absolute atomic E-state index is 6.69. The molecule has 0 saturated carbocycles. The first-order chi connectivity index (χ1) is 20.8. The molecular weight excluding hydrogens is 516 g/mol. The molecule has 4 nitrogen and oxygen atoms in total. The molecule has 9 aromatic rings. The van der Waals surface area contributed by atoms with Crippen LogP contribution in [0.15, 0.2) is 142 Å². The van der Waals surface area contributed by atoms with Gasteiger partial charge < -0.3 is 8.83 Å². The van der Waals surface area contributed by atoms with Crippen LogP contribution in [-0.4, -0.2) is 9.97 Å². The number of aromatic nitrogens is 2. The molecule has 0 aliphatic heterocycles. The first kappa shape index (κ1) is 23.0. The van der Waals surface area contributed by atoms with E-state index in [2.05, 4.69) is 91.0 Å². The van der Waals surface area contributed by atoms with Gasteiger partial charge in [0.25, 0.3) is 0 Å². The molecule has 4 heteroatoms. The van der Waals surface area contributed by atoms with Crippen molar-refractivity contribution in [1.82, 2.24) is 9.97 Å². The topological polar surface area (TPSA) is 52.1 Å². The van der Waals surface area contributed by atoms with Crippen LogP contribution in [0.2, 0.25) is 0 Å². The average molecular weight is 539 g/mol. The maximum atomic E-state index is 6.69. The van der Waals surface area contributed by atoms with Crippen molar-refractivity contribution in [2.45, 2.75) is 0 Å². The minimum absolute atomic E-state index is 0.652. The second-order valence-electron chi connectivity index (χ2n) is 10.5. The van der Waals surface area contributed by atoms with Gasteiger partial charge in [0, 0.05) is 38.2 Å². The lowest BCUT2D eigenvalue weighted by atomic mass is 9.98. The largest absolute Gasteiger partial charge is 0.455 e. The average Bonchev–Trinajstić information content (AvgIpc) is 3.63. The zero-order valence-electron chi connectivity index (χ0n) is 22.4. The van der Waals surface area contributed by atoms with E-state index in [9.17, 15) is 0 Å². The van der Waals surface area contributed by atoms with Gasteiger partial charge in [0.05, 0.1) is 0 Å². The summed E-state index contributed by atoms with van der Waals surface area (Å²) in [4.78, 5) is 10.4. The fraction of sp³-hybridized carbons (Fsp3) is 0. The summed E-state index contributed by atoms with van der Waals surface area (Å²) in [5.74, 6) is 0.652. The van der Waals surface area contributed by atoms with Crippen LogP contribution >= 0.6 is 0 Å². The molecule has 0 N–H and O–H groups in total. The van der Waals surface area contributed by atoms with Gasteiger partial charge in [0.15, 0.2) is 11.4 Å². The van der Waals surface area contributed by atoms with Crippen molar-refractivity contribution >= 4 is 54.8 Å². The van der Waals surface area contributed by atoms with Crippen LogP contribution in [0.1, 0.15) is 0 Å². The van der Waals surface area contributed by atoms with E-state index >= 15 is 0 Å². The summed E-state index contributed by atoms with van der Waals surface area (Å²) in [6, 6.07) is 45.5. The van der Waals surface area contributed by atoms with Gasteiger partial charge in [-0.3, -0.25) is 0 Å². The van der Waals surface area contributed by atoms with Crippen LogP contribution in [0.5, 0.6) is 0 Å². The summed E-state index contributed by atoms with van der Waals surface area (Å²) in [6.45, 7) is 0. The van der Waals surface area contributed by atoms with E-state index < -0.39 is 0 Å². The summed E-state index contributed by atoms with van der Waals surface area (Å²) in [5, 5.41) is 5.15. The van der Waals surface area contributed by atoms with Crippen LogP contribution in [0.25, 0.3) is 88.6 Å². The number of hydrogen-bond acceptors (Lipinski definition) is 4. The molecule has 0 aliphatic carbocycles. The highest BCUT2D eigenvalue weighted by Crippen LogP contribution is 2.43. The number of hydrogen-bond donors (Lipinski definition) is 0. The van der Waals surface area contributed by atoms with E-state index in [-0.39, 0.29) is 0 Å². The van der Waals surface area contributed by atoms with E-state index in [1.54, 1.807) is 0 Å². The second kappa shape index (κ2) is 8.88. The third-order valence-electron chi connectivity index (χ3n) is 8.10. The van der Waals surface area contributed by atoms with Crippen molar-refractivity contribution in [3.63, 3.8) is 0 Å². The molecule has 0 radical (unpaired) electrons. The van der Waals surface area contributed by atoms with Gasteiger partial charge in [-0.25, -0.2) is 9.97 Å². The van der Waals surface area contributed by atoms with Gasteiger partial charge in [0.1, 0.15) is 28.0 Å². The molecular formula is C38H22N2O2. The Morgan fingerprint density at radius 1 is 0.405 bits per heavy atom. The Kier molecular flexibility index (Phi) is 4.87. The molecule has 0 unspecified atom stereocenters. The van der Waals surface area contributed by atoms with Crippen LogP contribution in [-0.2, 0) is 0 Å². The highest BCUT2D eigenvalue weighted by molar-refractivity contribution is 6.20. The van der Waals surface area contributed by atoms with E-state index in [0.29, 0.717) is 11.4 Å². The molecule has 0 spiro atoms. The maximum Gasteiger partial charge on any atom is 0.180 e. The minimum atomic E-state index is 0.652. The molecule has 0 bridgehead atoms. The molecule has 0 aliphatic rings. The van der Waals surface area contributed by atoms with Crippen molar-refractivity contribution < 1.29 is 8.83 Å². The normalized spacial score (nSPS) is 11.8. The van der Waals surface area contributed by atoms with Crippen molar-refractivity contribution in [1.29, 1.82) is 0 Å². The summed E-state index contributed by atoms with van der Waals surface area (Å²) < 4.78 is 13.0. The van der Waals surface area contributed by atoms with Crippen molar-refractivity contribution in [2.24, 2.45) is 0 Å². The number of benzene rings is 6. The molecule has 0 fully saturated rings. The molecule has 3 aromatic heterocycles. The van der Waals surface area contributed by atoms with Crippen molar-refractivity contribution in [3.8, 4) is 33.8 Å².